The number of hydrogen-bond donors (Lipinski definition) is 1. The molecule has 0 spiro atoms. The molecule has 1 aliphatic carbocycles. The fourth-order valence-electron chi connectivity index (χ4n) is 3.84. The number of aromatic nitrogens is 2. The first kappa shape index (κ1) is 27.4. The quantitative estimate of drug-likeness (QED) is 0.565. The van der Waals surface area contributed by atoms with Gasteiger partial charge in [-0.3, -0.25) is 14.2 Å². The van der Waals surface area contributed by atoms with Crippen LogP contribution in [0.2, 0.25) is 0 Å². The Morgan fingerprint density at radius 3 is 2.11 bits per heavy atom. The van der Waals surface area contributed by atoms with E-state index in [0.717, 1.165) is 4.57 Å². The second-order valence-corrected chi connectivity index (χ2v) is 11.6. The molecule has 0 saturated heterocycles. The summed E-state index contributed by atoms with van der Waals surface area (Å²) in [6, 6.07) is 8.15. The first-order chi connectivity index (χ1) is 16.5. The molecule has 1 aromatic heterocycles. The number of carbonyl (C=O) groups excluding carboxylic acids is 2. The van der Waals surface area contributed by atoms with Gasteiger partial charge in [0.2, 0.25) is 5.95 Å². The Morgan fingerprint density at radius 2 is 1.64 bits per heavy atom. The normalized spacial score (nSPS) is 19.4. The zero-order chi connectivity index (χ0) is 27.2. The Balaban J connectivity index is 2.13. The van der Waals surface area contributed by atoms with Crippen molar-refractivity contribution in [2.45, 2.75) is 70.5 Å². The minimum absolute atomic E-state index is 0.146. The molecule has 0 unspecified atom stereocenters. The molecule has 11 heteroatoms. The molecule has 1 fully saturated rings. The van der Waals surface area contributed by atoms with Crippen molar-refractivity contribution in [3.05, 3.63) is 56.4 Å². The lowest BCUT2D eigenvalue weighted by molar-refractivity contribution is -0.140. The molecule has 194 valence electrons. The predicted octanol–water partition coefficient (Wildman–Crippen LogP) is 4.73. The van der Waals surface area contributed by atoms with Gasteiger partial charge in [0.15, 0.2) is 0 Å². The van der Waals surface area contributed by atoms with Crippen molar-refractivity contribution in [3.8, 4) is 0 Å². The minimum atomic E-state index is -1.30. The molecule has 0 bridgehead atoms. The monoisotopic (exact) mass is 563 g/mol. The molecule has 1 saturated carbocycles. The smallest absolute Gasteiger partial charge is 0.427 e. The largest absolute Gasteiger partial charge is 0.481 e. The summed E-state index contributed by atoms with van der Waals surface area (Å²) in [7, 11) is 1.35. The maximum absolute atomic E-state index is 13.1. The van der Waals surface area contributed by atoms with Gasteiger partial charge in [-0.1, -0.05) is 28.1 Å². The van der Waals surface area contributed by atoms with E-state index in [4.69, 9.17) is 9.47 Å². The topological polar surface area (TPSA) is 128 Å². The standard InChI is InChI=1S/C25H30BrN3O7/c1-23(2,3)35-21(33)29(22(34)36-24(4,5)6)20-27-17(12-18(30)28(20)7)16-13-25(16,19(31)32)14-9-8-10-15(26)11-14/h8-12,16H,13H2,1-7H3,(H,31,32)/t16-,25+/m1/s1. The van der Waals surface area contributed by atoms with Gasteiger partial charge in [0.1, 0.15) is 16.6 Å². The SMILES string of the molecule is Cn1c(N(C(=O)OC(C)(C)C)C(=O)OC(C)(C)C)nc([C@H]2C[C@]2(C(=O)O)c2cccc(Br)c2)cc1=O. The van der Waals surface area contributed by atoms with E-state index in [2.05, 4.69) is 20.9 Å². The number of anilines is 1. The highest BCUT2D eigenvalue weighted by Crippen LogP contribution is 2.60. The number of ether oxygens (including phenoxy) is 2. The van der Waals surface area contributed by atoms with Crippen LogP contribution in [0.5, 0.6) is 0 Å². The second kappa shape index (κ2) is 9.34. The highest BCUT2D eigenvalue weighted by atomic mass is 79.9. The summed E-state index contributed by atoms with van der Waals surface area (Å²) in [6.07, 6.45) is -1.97. The number of carboxylic acids is 1. The van der Waals surface area contributed by atoms with Crippen LogP contribution in [0.25, 0.3) is 0 Å². The van der Waals surface area contributed by atoms with Crippen LogP contribution in [0, 0.1) is 0 Å². The highest BCUT2D eigenvalue weighted by Gasteiger charge is 2.63. The number of carbonyl (C=O) groups is 3. The van der Waals surface area contributed by atoms with Gasteiger partial charge in [-0.25, -0.2) is 14.6 Å². The van der Waals surface area contributed by atoms with Gasteiger partial charge in [0, 0.05) is 23.5 Å². The minimum Gasteiger partial charge on any atom is -0.481 e. The molecular weight excluding hydrogens is 534 g/mol. The van der Waals surface area contributed by atoms with Gasteiger partial charge >= 0.3 is 18.2 Å². The van der Waals surface area contributed by atoms with E-state index in [1.165, 1.54) is 13.1 Å². The number of rotatable bonds is 4. The van der Waals surface area contributed by atoms with Crippen LogP contribution in [0.4, 0.5) is 15.5 Å². The zero-order valence-corrected chi connectivity index (χ0v) is 22.9. The van der Waals surface area contributed by atoms with E-state index in [0.29, 0.717) is 14.9 Å². The van der Waals surface area contributed by atoms with Crippen molar-refractivity contribution in [2.24, 2.45) is 7.05 Å². The molecule has 0 radical (unpaired) electrons. The number of benzene rings is 1. The van der Waals surface area contributed by atoms with Crippen LogP contribution in [-0.4, -0.2) is 44.0 Å². The van der Waals surface area contributed by atoms with Gasteiger partial charge < -0.3 is 14.6 Å². The molecular formula is C25H30BrN3O7. The van der Waals surface area contributed by atoms with Crippen LogP contribution in [0.15, 0.2) is 39.6 Å². The zero-order valence-electron chi connectivity index (χ0n) is 21.3. The summed E-state index contributed by atoms with van der Waals surface area (Å²) >= 11 is 3.37. The van der Waals surface area contributed by atoms with Crippen LogP contribution >= 0.6 is 15.9 Å². The number of nitrogens with zero attached hydrogens (tertiary/aromatic N) is 3. The number of aliphatic carboxylic acids is 1. The lowest BCUT2D eigenvalue weighted by Gasteiger charge is -2.28. The Labute approximate surface area is 217 Å². The van der Waals surface area contributed by atoms with Crippen LogP contribution < -0.4 is 10.5 Å². The van der Waals surface area contributed by atoms with Gasteiger partial charge in [-0.05, 0) is 65.7 Å². The molecule has 2 atom stereocenters. The molecule has 1 heterocycles. The first-order valence-corrected chi connectivity index (χ1v) is 12.1. The fourth-order valence-corrected chi connectivity index (χ4v) is 4.24. The fraction of sp³-hybridized carbons (Fsp3) is 0.480. The van der Waals surface area contributed by atoms with Crippen LogP contribution in [0.3, 0.4) is 0 Å². The average molecular weight is 564 g/mol. The van der Waals surface area contributed by atoms with Gasteiger partial charge in [0.25, 0.3) is 5.56 Å². The van der Waals surface area contributed by atoms with E-state index in [1.807, 2.05) is 0 Å². The lowest BCUT2D eigenvalue weighted by atomic mass is 9.92. The summed E-state index contributed by atoms with van der Waals surface area (Å²) in [5, 5.41) is 10.1. The molecule has 2 amide bonds. The van der Waals surface area contributed by atoms with Crippen molar-refractivity contribution in [2.75, 3.05) is 4.90 Å². The Bertz CT molecular complexity index is 1250. The lowest BCUT2D eigenvalue weighted by Crippen LogP contribution is -2.46. The molecule has 1 N–H and O–H groups in total. The van der Waals surface area contributed by atoms with Crippen LogP contribution in [0.1, 0.15) is 65.1 Å². The number of amides is 2. The Kier molecular flexibility index (Phi) is 7.11. The summed E-state index contributed by atoms with van der Waals surface area (Å²) in [5.74, 6) is -2.05. The average Bonchev–Trinajstić information content (AvgIpc) is 3.46. The van der Waals surface area contributed by atoms with E-state index in [9.17, 15) is 24.3 Å². The molecule has 36 heavy (non-hydrogen) atoms. The number of carboxylic acid groups (broad SMARTS) is 1. The van der Waals surface area contributed by atoms with E-state index in [-0.39, 0.29) is 18.1 Å². The van der Waals surface area contributed by atoms with Crippen molar-refractivity contribution < 1.29 is 29.0 Å². The summed E-state index contributed by atoms with van der Waals surface area (Å²) < 4.78 is 12.5. The van der Waals surface area contributed by atoms with Gasteiger partial charge in [-0.15, -0.1) is 4.90 Å². The van der Waals surface area contributed by atoms with E-state index >= 15 is 0 Å². The third kappa shape index (κ3) is 5.61. The molecule has 1 aliphatic rings. The second-order valence-electron chi connectivity index (χ2n) is 10.7. The predicted molar refractivity (Wildman–Crippen MR) is 135 cm³/mol. The van der Waals surface area contributed by atoms with Gasteiger partial charge in [-0.2, -0.15) is 0 Å². The summed E-state index contributed by atoms with van der Waals surface area (Å²) in [5.41, 5.74) is -3.09. The number of hydrogen-bond acceptors (Lipinski definition) is 7. The van der Waals surface area contributed by atoms with Crippen molar-refractivity contribution in [1.29, 1.82) is 0 Å². The molecule has 10 nitrogen and oxygen atoms in total. The number of halogens is 1. The van der Waals surface area contributed by atoms with Crippen molar-refractivity contribution >= 4 is 40.0 Å². The third-order valence-corrected chi connectivity index (χ3v) is 6.02. The Morgan fingerprint density at radius 1 is 1.08 bits per heavy atom. The Hall–Kier alpha value is -3.21. The van der Waals surface area contributed by atoms with Crippen LogP contribution in [-0.2, 0) is 26.7 Å². The maximum Gasteiger partial charge on any atom is 0.427 e. The summed E-state index contributed by atoms with van der Waals surface area (Å²) in [6.45, 7) is 9.78. The van der Waals surface area contributed by atoms with E-state index < -0.39 is 46.3 Å². The van der Waals surface area contributed by atoms with Gasteiger partial charge in [0.05, 0.1) is 5.69 Å². The van der Waals surface area contributed by atoms with Crippen molar-refractivity contribution in [3.63, 3.8) is 0 Å². The number of imide groups is 1. The third-order valence-electron chi connectivity index (χ3n) is 5.52. The molecule has 0 aliphatic heterocycles. The van der Waals surface area contributed by atoms with Crippen molar-refractivity contribution in [1.82, 2.24) is 9.55 Å². The maximum atomic E-state index is 13.1. The summed E-state index contributed by atoms with van der Waals surface area (Å²) in [4.78, 5) is 56.5. The molecule has 3 rings (SSSR count). The highest BCUT2D eigenvalue weighted by molar-refractivity contribution is 9.10. The first-order valence-electron chi connectivity index (χ1n) is 11.3. The molecule has 1 aromatic carbocycles. The molecule has 2 aromatic rings. The van der Waals surface area contributed by atoms with E-state index in [1.54, 1.807) is 65.8 Å².